The summed E-state index contributed by atoms with van der Waals surface area (Å²) in [4.78, 5) is 17.5. The third-order valence-corrected chi connectivity index (χ3v) is 1.53. The van der Waals surface area contributed by atoms with Crippen molar-refractivity contribution in [3.8, 4) is 0 Å². The first-order valence-electron chi connectivity index (χ1n) is 3.18. The average molecular weight is 144 g/mol. The van der Waals surface area contributed by atoms with Gasteiger partial charge in [0.2, 0.25) is 5.91 Å². The second kappa shape index (κ2) is 2.56. The van der Waals surface area contributed by atoms with Crippen LogP contribution in [0.1, 0.15) is 0 Å². The Bertz CT molecular complexity index is 147. The summed E-state index contributed by atoms with van der Waals surface area (Å²) in [5.41, 5.74) is 0. The van der Waals surface area contributed by atoms with Crippen LogP contribution in [-0.4, -0.2) is 49.7 Å². The molecule has 1 fully saturated rings. The zero-order valence-corrected chi connectivity index (χ0v) is 6.50. The fraction of sp³-hybridized carbons (Fsp3) is 0.833. The molecule has 0 aliphatic carbocycles. The Hall–Kier alpha value is -0.610. The molecular formula is C6H12N2O2. The van der Waals surface area contributed by atoms with Crippen LogP contribution in [0.4, 0.5) is 0 Å². The van der Waals surface area contributed by atoms with Gasteiger partial charge in [-0.25, -0.2) is 0 Å². The Morgan fingerprint density at radius 2 is 2.30 bits per heavy atom. The van der Waals surface area contributed by atoms with Gasteiger partial charge >= 0.3 is 0 Å². The zero-order valence-electron chi connectivity index (χ0n) is 6.50. The second-order valence-corrected chi connectivity index (χ2v) is 2.53. The molecule has 0 bridgehead atoms. The third kappa shape index (κ3) is 1.27. The van der Waals surface area contributed by atoms with Crippen molar-refractivity contribution in [1.29, 1.82) is 0 Å². The molecule has 0 aromatic rings. The van der Waals surface area contributed by atoms with Crippen molar-refractivity contribution < 1.29 is 9.63 Å². The molecule has 1 saturated heterocycles. The van der Waals surface area contributed by atoms with Crippen molar-refractivity contribution in [2.45, 2.75) is 6.04 Å². The maximum Gasteiger partial charge on any atom is 0.243 e. The van der Waals surface area contributed by atoms with Gasteiger partial charge in [0, 0.05) is 14.1 Å². The molecule has 1 amide bonds. The van der Waals surface area contributed by atoms with E-state index in [0.717, 1.165) is 6.54 Å². The van der Waals surface area contributed by atoms with Gasteiger partial charge in [0.15, 0.2) is 0 Å². The van der Waals surface area contributed by atoms with Gasteiger partial charge in [0.05, 0.1) is 13.7 Å². The van der Waals surface area contributed by atoms with E-state index in [1.807, 2.05) is 0 Å². The van der Waals surface area contributed by atoms with E-state index < -0.39 is 0 Å². The van der Waals surface area contributed by atoms with Gasteiger partial charge in [0.1, 0.15) is 6.04 Å². The van der Waals surface area contributed by atoms with Gasteiger partial charge in [-0.2, -0.15) is 5.06 Å². The van der Waals surface area contributed by atoms with Crippen molar-refractivity contribution in [3.63, 3.8) is 0 Å². The number of amides is 1. The molecule has 4 heteroatoms. The number of hydroxylamine groups is 2. The molecule has 1 aliphatic heterocycles. The van der Waals surface area contributed by atoms with Crippen LogP contribution < -0.4 is 0 Å². The van der Waals surface area contributed by atoms with E-state index in [2.05, 4.69) is 0 Å². The molecule has 1 unspecified atom stereocenters. The average Bonchev–Trinajstić information content (AvgIpc) is 2.64. The first-order chi connectivity index (χ1) is 4.66. The summed E-state index contributed by atoms with van der Waals surface area (Å²) in [5, 5.41) is 1.64. The number of nitrogens with zero attached hydrogens (tertiary/aromatic N) is 2. The quantitative estimate of drug-likeness (QED) is 0.481. The molecule has 0 N–H and O–H groups in total. The number of hydrogen-bond donors (Lipinski definition) is 0. The fourth-order valence-electron chi connectivity index (χ4n) is 0.824. The molecule has 0 aromatic carbocycles. The maximum absolute atomic E-state index is 11.1. The van der Waals surface area contributed by atoms with Crippen molar-refractivity contribution in [3.05, 3.63) is 0 Å². The van der Waals surface area contributed by atoms with Gasteiger partial charge in [-0.1, -0.05) is 0 Å². The van der Waals surface area contributed by atoms with Crippen LogP contribution >= 0.6 is 0 Å². The lowest BCUT2D eigenvalue weighted by molar-refractivity contribution is -0.133. The van der Waals surface area contributed by atoms with Crippen molar-refractivity contribution in [2.75, 3.05) is 27.7 Å². The number of hydrogen-bond acceptors (Lipinski definition) is 3. The summed E-state index contributed by atoms with van der Waals surface area (Å²) < 4.78 is 0. The van der Waals surface area contributed by atoms with Crippen molar-refractivity contribution in [2.24, 2.45) is 0 Å². The topological polar surface area (TPSA) is 32.6 Å². The lowest BCUT2D eigenvalue weighted by Crippen LogP contribution is -2.28. The minimum atomic E-state index is -0.0278. The first kappa shape index (κ1) is 7.50. The van der Waals surface area contributed by atoms with Gasteiger partial charge in [-0.3, -0.25) is 4.79 Å². The molecular weight excluding hydrogens is 132 g/mol. The summed E-state index contributed by atoms with van der Waals surface area (Å²) in [7, 11) is 5.06. The van der Waals surface area contributed by atoms with Crippen LogP contribution in [0, 0.1) is 0 Å². The van der Waals surface area contributed by atoms with E-state index in [-0.39, 0.29) is 11.9 Å². The summed E-state index contributed by atoms with van der Waals surface area (Å²) in [6.07, 6.45) is 0. The number of rotatable bonds is 2. The molecule has 0 aromatic heterocycles. The van der Waals surface area contributed by atoms with Crippen molar-refractivity contribution >= 4 is 5.91 Å². The molecule has 0 radical (unpaired) electrons. The molecule has 0 saturated carbocycles. The van der Waals surface area contributed by atoms with Crippen molar-refractivity contribution in [1.82, 2.24) is 9.96 Å². The predicted molar refractivity (Wildman–Crippen MR) is 36.2 cm³/mol. The largest absolute Gasteiger partial charge is 0.347 e. The van der Waals surface area contributed by atoms with E-state index in [0.29, 0.717) is 0 Å². The number of likely N-dealkylation sites (N-methyl/N-ethyl adjacent to an activating group) is 1. The first-order valence-corrected chi connectivity index (χ1v) is 3.18. The minimum Gasteiger partial charge on any atom is -0.347 e. The summed E-state index contributed by atoms with van der Waals surface area (Å²) in [6, 6.07) is -0.0278. The summed E-state index contributed by atoms with van der Waals surface area (Å²) in [5.74, 6) is 0.113. The lowest BCUT2D eigenvalue weighted by Gasteiger charge is -2.08. The minimum absolute atomic E-state index is 0.0278. The number of carbonyl (C=O) groups is 1. The monoisotopic (exact) mass is 144 g/mol. The van der Waals surface area contributed by atoms with E-state index in [1.165, 1.54) is 0 Å². The lowest BCUT2D eigenvalue weighted by atomic mass is 10.4. The molecule has 4 nitrogen and oxygen atoms in total. The zero-order chi connectivity index (χ0) is 7.72. The molecule has 2 atom stereocenters. The van der Waals surface area contributed by atoms with E-state index in [1.54, 1.807) is 31.2 Å². The fourth-order valence-corrected chi connectivity index (χ4v) is 0.824. The highest BCUT2D eigenvalue weighted by molar-refractivity contribution is 5.83. The molecule has 10 heavy (non-hydrogen) atoms. The molecule has 1 rings (SSSR count). The maximum atomic E-state index is 11.1. The predicted octanol–water partition coefficient (Wildman–Crippen LogP) is -0.680. The van der Waals surface area contributed by atoms with Gasteiger partial charge in [0.25, 0.3) is 0 Å². The molecule has 1 heterocycles. The highest BCUT2D eigenvalue weighted by Gasteiger charge is 2.42. The molecule has 58 valence electrons. The van der Waals surface area contributed by atoms with Gasteiger partial charge in [-0.15, -0.1) is 0 Å². The number of carbonyl (C=O) groups excluding carboxylic acids is 1. The Balaban J connectivity index is 2.33. The smallest absolute Gasteiger partial charge is 0.243 e. The van der Waals surface area contributed by atoms with Crippen LogP contribution in [-0.2, 0) is 9.63 Å². The normalized spacial score (nSPS) is 29.9. The highest BCUT2D eigenvalue weighted by atomic mass is 16.7. The Kier molecular flexibility index (Phi) is 1.92. The second-order valence-electron chi connectivity index (χ2n) is 2.53. The molecule has 0 spiro atoms. The third-order valence-electron chi connectivity index (χ3n) is 1.53. The SMILES string of the molecule is CON1C[C@H]1C(=O)N(C)C. The van der Waals surface area contributed by atoms with Crippen LogP contribution in [0.3, 0.4) is 0 Å². The highest BCUT2D eigenvalue weighted by Crippen LogP contribution is 2.17. The van der Waals surface area contributed by atoms with E-state index in [4.69, 9.17) is 4.84 Å². The molecule has 1 aliphatic rings. The summed E-state index contributed by atoms with van der Waals surface area (Å²) in [6.45, 7) is 0.730. The van der Waals surface area contributed by atoms with E-state index >= 15 is 0 Å². The van der Waals surface area contributed by atoms with Crippen LogP contribution in [0.25, 0.3) is 0 Å². The van der Waals surface area contributed by atoms with Gasteiger partial charge < -0.3 is 9.74 Å². The Morgan fingerprint density at radius 1 is 1.70 bits per heavy atom. The van der Waals surface area contributed by atoms with Crippen LogP contribution in [0.2, 0.25) is 0 Å². The Morgan fingerprint density at radius 3 is 2.60 bits per heavy atom. The van der Waals surface area contributed by atoms with E-state index in [9.17, 15) is 4.79 Å². The Labute approximate surface area is 60.3 Å². The van der Waals surface area contributed by atoms with Crippen LogP contribution in [0.5, 0.6) is 0 Å². The van der Waals surface area contributed by atoms with Gasteiger partial charge in [-0.05, 0) is 0 Å². The summed E-state index contributed by atoms with van der Waals surface area (Å²) >= 11 is 0. The standard InChI is InChI=1S/C6H12N2O2/c1-7(2)6(9)5-4-8(5)10-3/h5H,4H2,1-3H3/t5-,8?/m0/s1. The van der Waals surface area contributed by atoms with Crippen LogP contribution in [0.15, 0.2) is 0 Å².